The summed E-state index contributed by atoms with van der Waals surface area (Å²) in [4.78, 5) is 29.3. The molecule has 0 aliphatic rings. The average Bonchev–Trinajstić information content (AvgIpc) is 3.76. The summed E-state index contributed by atoms with van der Waals surface area (Å²) < 4.78 is 11.8. The molecule has 0 aliphatic carbocycles. The topological polar surface area (TPSA) is 154 Å². The molecule has 2 heterocycles. The van der Waals surface area contributed by atoms with Gasteiger partial charge in [0.1, 0.15) is 56.2 Å². The fraction of sp³-hybridized carbons (Fsp3) is 0.395. The zero-order valence-corrected chi connectivity index (χ0v) is 33.8. The lowest BCUT2D eigenvalue weighted by Crippen LogP contribution is -2.38. The molecule has 0 amide bonds. The van der Waals surface area contributed by atoms with E-state index in [1.807, 2.05) is 108 Å². The van der Waals surface area contributed by atoms with Gasteiger partial charge < -0.3 is 24.4 Å². The molecule has 0 fully saturated rings. The molecule has 292 valence electrons. The van der Waals surface area contributed by atoms with Gasteiger partial charge in [-0.05, 0) is 85.0 Å². The van der Waals surface area contributed by atoms with Crippen molar-refractivity contribution in [3.05, 3.63) is 95.1 Å². The van der Waals surface area contributed by atoms with Crippen LogP contribution >= 0.6 is 0 Å². The highest BCUT2D eigenvalue weighted by atomic mass is 16.6. The Morgan fingerprint density at radius 2 is 1.04 bits per heavy atom. The lowest BCUT2D eigenvalue weighted by atomic mass is 9.64. The molecule has 4 aromatic carbocycles. The van der Waals surface area contributed by atoms with Crippen molar-refractivity contribution >= 4 is 40.6 Å². The number of ether oxygens (including phenoxy) is 1. The first kappa shape index (κ1) is 40.1. The van der Waals surface area contributed by atoms with Crippen molar-refractivity contribution in [2.45, 2.75) is 104 Å². The van der Waals surface area contributed by atoms with Crippen LogP contribution in [0.1, 0.15) is 90.5 Å². The van der Waals surface area contributed by atoms with Crippen LogP contribution in [0.3, 0.4) is 0 Å². The normalized spacial score (nSPS) is 12.4. The maximum atomic E-state index is 13.3. The van der Waals surface area contributed by atoms with Crippen LogP contribution in [0.15, 0.2) is 72.8 Å². The van der Waals surface area contributed by atoms with Crippen LogP contribution in [0.25, 0.3) is 33.4 Å². The monoisotopic (exact) mass is 758 g/mol. The molecule has 13 heteroatoms. The molecule has 0 aliphatic heterocycles. The molecule has 0 saturated heterocycles. The minimum absolute atomic E-state index is 0.0256. The Balaban J connectivity index is 1.06. The molecule has 0 bridgehead atoms. The Morgan fingerprint density at radius 1 is 0.643 bits per heavy atom. The zero-order chi connectivity index (χ0) is 40.6. The maximum absolute atomic E-state index is 13.3. The lowest BCUT2D eigenvalue weighted by molar-refractivity contribution is -0.159. The van der Waals surface area contributed by atoms with Crippen LogP contribution in [-0.2, 0) is 42.7 Å². The Morgan fingerprint density at radius 3 is 1.43 bits per heavy atom. The van der Waals surface area contributed by atoms with Gasteiger partial charge in [0, 0.05) is 24.0 Å². The predicted octanol–water partition coefficient (Wildman–Crippen LogP) is 7.79. The van der Waals surface area contributed by atoms with E-state index >= 15 is 0 Å². The minimum atomic E-state index is -0.991. The third-order valence-corrected chi connectivity index (χ3v) is 9.72. The molecule has 6 rings (SSSR count). The molecule has 56 heavy (non-hydrogen) atoms. The van der Waals surface area contributed by atoms with E-state index in [9.17, 15) is 19.8 Å². The van der Waals surface area contributed by atoms with Gasteiger partial charge in [0.05, 0.1) is 6.61 Å². The lowest BCUT2D eigenvalue weighted by Gasteiger charge is -2.26. The van der Waals surface area contributed by atoms with Crippen molar-refractivity contribution in [1.82, 2.24) is 30.0 Å². The summed E-state index contributed by atoms with van der Waals surface area (Å²) in [7, 11) is 0. The van der Waals surface area contributed by atoms with E-state index < -0.39 is 18.5 Å². The van der Waals surface area contributed by atoms with Crippen molar-refractivity contribution < 1.29 is 29.2 Å². The number of phenols is 2. The summed E-state index contributed by atoms with van der Waals surface area (Å²) in [6, 6.07) is 22.5. The summed E-state index contributed by atoms with van der Waals surface area (Å²) in [5.41, 5.74) is 5.03. The van der Waals surface area contributed by atoms with Crippen LogP contribution in [0.5, 0.6) is 11.5 Å². The SMILES string of the molecule is CB(OCC(C)(C)OC(=O)CCc1cc(-n2nc3ccccc3n2)c(O)c(C(C)(C)C)c1)C(=O)CCc1cc(-n2nc3ccccc3n2)c(O)c(C(C)(C)C)c1. The standard InChI is InChI=1S/C43H51BN6O6/c1-41(2,3)29-22-27(24-35(39(29)53)49-45-31-14-10-11-15-32(31)46-49)18-20-37(51)44(9)55-26-43(7,8)56-38(52)21-19-28-23-30(42(4,5)6)40(54)36(25-28)50-47-33-16-12-13-17-34(33)48-50/h10-17,22-25,53-54H,18-21,26H2,1-9H3. The first-order valence-corrected chi connectivity index (χ1v) is 19.0. The molecule has 0 unspecified atom stereocenters. The van der Waals surface area contributed by atoms with Gasteiger partial charge in [-0.2, -0.15) is 0 Å². The van der Waals surface area contributed by atoms with Gasteiger partial charge in [0.15, 0.2) is 0 Å². The number of hydrogen-bond donors (Lipinski definition) is 2. The number of aromatic nitrogens is 6. The van der Waals surface area contributed by atoms with Crippen molar-refractivity contribution in [1.29, 1.82) is 0 Å². The fourth-order valence-corrected chi connectivity index (χ4v) is 6.55. The van der Waals surface area contributed by atoms with Gasteiger partial charge in [0.2, 0.25) is 0 Å². The predicted molar refractivity (Wildman–Crippen MR) is 218 cm³/mol. The summed E-state index contributed by atoms with van der Waals surface area (Å²) in [6.45, 7) is 16.6. The second kappa shape index (κ2) is 15.5. The number of benzene rings is 4. The largest absolute Gasteiger partial charge is 0.505 e. The summed E-state index contributed by atoms with van der Waals surface area (Å²) >= 11 is 0. The van der Waals surface area contributed by atoms with E-state index in [2.05, 4.69) is 20.4 Å². The number of carbonyl (C=O) groups excluding carboxylic acids is 2. The molecule has 0 saturated carbocycles. The third-order valence-electron chi connectivity index (χ3n) is 9.72. The highest BCUT2D eigenvalue weighted by Gasteiger charge is 2.29. The molecule has 2 N–H and O–H groups in total. The average molecular weight is 759 g/mol. The van der Waals surface area contributed by atoms with Crippen LogP contribution in [0.2, 0.25) is 6.82 Å². The molecule has 0 spiro atoms. The molecule has 6 aromatic rings. The maximum Gasteiger partial charge on any atom is 0.365 e. The van der Waals surface area contributed by atoms with Gasteiger partial charge in [-0.25, -0.2) is 0 Å². The van der Waals surface area contributed by atoms with Crippen molar-refractivity contribution in [3.8, 4) is 22.9 Å². The van der Waals surface area contributed by atoms with E-state index in [0.29, 0.717) is 46.3 Å². The first-order chi connectivity index (χ1) is 26.3. The number of aromatic hydroxyl groups is 2. The highest BCUT2D eigenvalue weighted by Crippen LogP contribution is 2.38. The first-order valence-electron chi connectivity index (χ1n) is 19.0. The van der Waals surface area contributed by atoms with Crippen molar-refractivity contribution in [3.63, 3.8) is 0 Å². The Hall–Kier alpha value is -5.56. The Kier molecular flexibility index (Phi) is 11.1. The molecular weight excluding hydrogens is 707 g/mol. The number of nitrogens with zero attached hydrogens (tertiary/aromatic N) is 6. The third kappa shape index (κ3) is 9.10. The number of aryl methyl sites for hydroxylation is 2. The quantitative estimate of drug-likeness (QED) is 0.0881. The van der Waals surface area contributed by atoms with Crippen LogP contribution < -0.4 is 0 Å². The molecule has 2 aromatic heterocycles. The zero-order valence-electron chi connectivity index (χ0n) is 33.8. The van der Waals surface area contributed by atoms with Crippen molar-refractivity contribution in [2.24, 2.45) is 0 Å². The van der Waals surface area contributed by atoms with E-state index in [4.69, 9.17) is 9.39 Å². The van der Waals surface area contributed by atoms with Gasteiger partial charge in [-0.15, -0.1) is 30.0 Å². The summed E-state index contributed by atoms with van der Waals surface area (Å²) in [6.07, 6.45) is 1.09. The van der Waals surface area contributed by atoms with Gasteiger partial charge in [-0.3, -0.25) is 4.79 Å². The molecule has 0 radical (unpaired) electrons. The summed E-state index contributed by atoms with van der Waals surface area (Å²) in [5.74, 6) is -0.220. The second-order valence-corrected chi connectivity index (χ2v) is 17.1. The van der Waals surface area contributed by atoms with E-state index in [1.54, 1.807) is 26.7 Å². The highest BCUT2D eigenvalue weighted by molar-refractivity contribution is 6.84. The van der Waals surface area contributed by atoms with Gasteiger partial charge in [0.25, 0.3) is 0 Å². The molecular formula is C43H51BN6O6. The molecule has 12 nitrogen and oxygen atoms in total. The second-order valence-electron chi connectivity index (χ2n) is 17.1. The smallest absolute Gasteiger partial charge is 0.365 e. The van der Waals surface area contributed by atoms with Gasteiger partial charge >= 0.3 is 12.9 Å². The fourth-order valence-electron chi connectivity index (χ4n) is 6.55. The summed E-state index contributed by atoms with van der Waals surface area (Å²) in [5, 5.41) is 40.8. The number of fused-ring (bicyclic) bond motifs is 2. The van der Waals surface area contributed by atoms with E-state index in [-0.39, 0.29) is 47.5 Å². The van der Waals surface area contributed by atoms with Crippen molar-refractivity contribution in [2.75, 3.05) is 6.61 Å². The van der Waals surface area contributed by atoms with Crippen LogP contribution in [-0.4, -0.2) is 71.0 Å². The number of carbonyl (C=O) groups is 2. The van der Waals surface area contributed by atoms with E-state index in [0.717, 1.165) is 22.3 Å². The van der Waals surface area contributed by atoms with Crippen LogP contribution in [0, 0.1) is 0 Å². The van der Waals surface area contributed by atoms with Gasteiger partial charge in [-0.1, -0.05) is 84.8 Å². The molecule has 0 atom stereocenters. The number of phenolic OH excluding ortho intramolecular Hbond substituents is 2. The number of hydrogen-bond acceptors (Lipinski definition) is 10. The Labute approximate surface area is 327 Å². The minimum Gasteiger partial charge on any atom is -0.505 e. The number of esters is 1. The van der Waals surface area contributed by atoms with E-state index in [1.165, 1.54) is 9.59 Å². The Bertz CT molecular complexity index is 2340. The van der Waals surface area contributed by atoms with Crippen LogP contribution in [0.4, 0.5) is 0 Å². The number of rotatable bonds is 13.